The van der Waals surface area contributed by atoms with Crippen LogP contribution in [0, 0.1) is 5.92 Å². The predicted octanol–water partition coefficient (Wildman–Crippen LogP) is 4.30. The zero-order valence-electron chi connectivity index (χ0n) is 14.9. The van der Waals surface area contributed by atoms with Crippen LogP contribution >= 0.6 is 0 Å². The number of nitrogens with one attached hydrogen (secondary N) is 3. The number of carbonyl (C=O) groups is 2. The number of carbonyl (C=O) groups excluding carboxylic acids is 2. The Morgan fingerprint density at radius 1 is 0.962 bits per heavy atom. The van der Waals surface area contributed by atoms with E-state index in [1.54, 1.807) is 6.20 Å². The van der Waals surface area contributed by atoms with Crippen LogP contribution < -0.4 is 16.0 Å². The summed E-state index contributed by atoms with van der Waals surface area (Å²) >= 11 is 0. The molecule has 6 nitrogen and oxygen atoms in total. The maximum Gasteiger partial charge on any atom is 0.227 e. The van der Waals surface area contributed by atoms with Gasteiger partial charge in [-0.2, -0.15) is 0 Å². The van der Waals surface area contributed by atoms with Crippen molar-refractivity contribution in [3.05, 3.63) is 42.6 Å². The molecule has 3 rings (SSSR count). The Kier molecular flexibility index (Phi) is 5.84. The van der Waals surface area contributed by atoms with E-state index < -0.39 is 0 Å². The van der Waals surface area contributed by atoms with Crippen LogP contribution in [0.4, 0.5) is 22.9 Å². The number of aromatic nitrogens is 1. The molecule has 0 aliphatic heterocycles. The second-order valence-electron chi connectivity index (χ2n) is 6.64. The number of benzene rings is 1. The molecule has 0 unspecified atom stereocenters. The van der Waals surface area contributed by atoms with Gasteiger partial charge in [0.1, 0.15) is 5.82 Å². The zero-order valence-corrected chi connectivity index (χ0v) is 14.9. The van der Waals surface area contributed by atoms with E-state index in [9.17, 15) is 9.59 Å². The highest BCUT2D eigenvalue weighted by atomic mass is 16.2. The molecule has 1 aromatic heterocycles. The van der Waals surface area contributed by atoms with Crippen LogP contribution in [0.5, 0.6) is 0 Å². The van der Waals surface area contributed by atoms with Crippen LogP contribution in [-0.4, -0.2) is 16.8 Å². The maximum absolute atomic E-state index is 12.3. The summed E-state index contributed by atoms with van der Waals surface area (Å²) in [6, 6.07) is 11.1. The molecule has 0 atom stereocenters. The second kappa shape index (κ2) is 8.47. The van der Waals surface area contributed by atoms with Crippen molar-refractivity contribution in [2.75, 3.05) is 16.0 Å². The van der Waals surface area contributed by atoms with E-state index in [4.69, 9.17) is 0 Å². The number of pyridine rings is 1. The quantitative estimate of drug-likeness (QED) is 0.749. The number of amides is 2. The van der Waals surface area contributed by atoms with Gasteiger partial charge in [0.2, 0.25) is 11.8 Å². The highest BCUT2D eigenvalue weighted by molar-refractivity contribution is 5.92. The molecule has 3 N–H and O–H groups in total. The number of nitrogens with zero attached hydrogens (tertiary/aromatic N) is 1. The van der Waals surface area contributed by atoms with Crippen molar-refractivity contribution in [3.63, 3.8) is 0 Å². The van der Waals surface area contributed by atoms with Crippen LogP contribution in [-0.2, 0) is 9.59 Å². The van der Waals surface area contributed by atoms with Crippen LogP contribution in [0.15, 0.2) is 42.6 Å². The predicted molar refractivity (Wildman–Crippen MR) is 103 cm³/mol. The molecule has 1 saturated carbocycles. The van der Waals surface area contributed by atoms with Crippen molar-refractivity contribution in [1.29, 1.82) is 0 Å². The third-order valence-corrected chi connectivity index (χ3v) is 4.46. The van der Waals surface area contributed by atoms with Crippen molar-refractivity contribution in [2.24, 2.45) is 5.92 Å². The Balaban J connectivity index is 1.59. The summed E-state index contributed by atoms with van der Waals surface area (Å²) in [7, 11) is 0. The molecular formula is C20H24N4O2. The lowest BCUT2D eigenvalue weighted by molar-refractivity contribution is -0.120. The number of rotatable bonds is 5. The van der Waals surface area contributed by atoms with Gasteiger partial charge in [0.25, 0.3) is 0 Å². The summed E-state index contributed by atoms with van der Waals surface area (Å²) in [5.74, 6) is 0.771. The average Bonchev–Trinajstić information content (AvgIpc) is 2.64. The molecule has 1 fully saturated rings. The van der Waals surface area contributed by atoms with Crippen molar-refractivity contribution in [1.82, 2.24) is 4.98 Å². The monoisotopic (exact) mass is 352 g/mol. The van der Waals surface area contributed by atoms with Crippen LogP contribution in [0.25, 0.3) is 0 Å². The molecule has 1 aliphatic rings. The zero-order chi connectivity index (χ0) is 18.4. The van der Waals surface area contributed by atoms with Gasteiger partial charge >= 0.3 is 0 Å². The average molecular weight is 352 g/mol. The number of hydrogen-bond donors (Lipinski definition) is 3. The Morgan fingerprint density at radius 3 is 2.42 bits per heavy atom. The van der Waals surface area contributed by atoms with Crippen molar-refractivity contribution in [3.8, 4) is 0 Å². The largest absolute Gasteiger partial charge is 0.340 e. The van der Waals surface area contributed by atoms with Crippen molar-refractivity contribution >= 4 is 34.7 Å². The van der Waals surface area contributed by atoms with Gasteiger partial charge in [0.05, 0.1) is 11.9 Å². The lowest BCUT2D eigenvalue weighted by atomic mass is 9.88. The summed E-state index contributed by atoms with van der Waals surface area (Å²) in [4.78, 5) is 27.8. The molecule has 136 valence electrons. The van der Waals surface area contributed by atoms with Crippen molar-refractivity contribution < 1.29 is 9.59 Å². The van der Waals surface area contributed by atoms with Crippen LogP contribution in [0.1, 0.15) is 39.0 Å². The second-order valence-corrected chi connectivity index (χ2v) is 6.64. The normalized spacial score (nSPS) is 14.5. The minimum atomic E-state index is -0.113. The molecule has 1 aliphatic carbocycles. The minimum absolute atomic E-state index is 0.0928. The van der Waals surface area contributed by atoms with E-state index in [-0.39, 0.29) is 17.7 Å². The Hall–Kier alpha value is -2.89. The Morgan fingerprint density at radius 2 is 1.73 bits per heavy atom. The summed E-state index contributed by atoms with van der Waals surface area (Å²) in [5.41, 5.74) is 2.25. The fraction of sp³-hybridized carbons (Fsp3) is 0.350. The number of anilines is 4. The number of hydrogen-bond acceptors (Lipinski definition) is 4. The first-order valence-electron chi connectivity index (χ1n) is 9.02. The van der Waals surface area contributed by atoms with Gasteiger partial charge in [-0.05, 0) is 43.2 Å². The first kappa shape index (κ1) is 17.9. The van der Waals surface area contributed by atoms with E-state index in [1.807, 2.05) is 36.4 Å². The fourth-order valence-corrected chi connectivity index (χ4v) is 3.18. The summed E-state index contributed by atoms with van der Waals surface area (Å²) in [5, 5.41) is 8.89. The maximum atomic E-state index is 12.3. The molecule has 6 heteroatoms. The molecule has 1 heterocycles. The van der Waals surface area contributed by atoms with Gasteiger partial charge in [0, 0.05) is 24.2 Å². The van der Waals surface area contributed by atoms with E-state index in [0.29, 0.717) is 11.5 Å². The minimum Gasteiger partial charge on any atom is -0.340 e. The topological polar surface area (TPSA) is 83.1 Å². The molecule has 2 aromatic rings. The van der Waals surface area contributed by atoms with Crippen LogP contribution in [0.2, 0.25) is 0 Å². The molecule has 0 bridgehead atoms. The van der Waals surface area contributed by atoms with Gasteiger partial charge in [-0.3, -0.25) is 9.59 Å². The summed E-state index contributed by atoms with van der Waals surface area (Å²) < 4.78 is 0. The van der Waals surface area contributed by atoms with Gasteiger partial charge in [-0.15, -0.1) is 0 Å². The van der Waals surface area contributed by atoms with Crippen LogP contribution in [0.3, 0.4) is 0 Å². The molecule has 26 heavy (non-hydrogen) atoms. The smallest absolute Gasteiger partial charge is 0.227 e. The lowest BCUT2D eigenvalue weighted by Gasteiger charge is -2.20. The SMILES string of the molecule is CC(=O)Nc1cccc(Nc2ccc(NC(=O)C3CCCCC3)cn2)c1. The Bertz CT molecular complexity index is 768. The molecule has 0 saturated heterocycles. The highest BCUT2D eigenvalue weighted by Crippen LogP contribution is 2.25. The first-order chi connectivity index (χ1) is 12.6. The van der Waals surface area contributed by atoms with Gasteiger partial charge < -0.3 is 16.0 Å². The van der Waals surface area contributed by atoms with Crippen molar-refractivity contribution in [2.45, 2.75) is 39.0 Å². The molecule has 0 spiro atoms. The molecule has 2 amide bonds. The molecule has 0 radical (unpaired) electrons. The highest BCUT2D eigenvalue weighted by Gasteiger charge is 2.21. The molecular weight excluding hydrogens is 328 g/mol. The van der Waals surface area contributed by atoms with E-state index in [2.05, 4.69) is 20.9 Å². The fourth-order valence-electron chi connectivity index (χ4n) is 3.18. The third kappa shape index (κ3) is 5.05. The van der Waals surface area contributed by atoms with Gasteiger partial charge in [-0.1, -0.05) is 25.3 Å². The van der Waals surface area contributed by atoms with E-state index in [1.165, 1.54) is 13.3 Å². The molecule has 1 aromatic carbocycles. The van der Waals surface area contributed by atoms with E-state index in [0.717, 1.165) is 37.1 Å². The van der Waals surface area contributed by atoms with Gasteiger partial charge in [0.15, 0.2) is 0 Å². The lowest BCUT2D eigenvalue weighted by Crippen LogP contribution is -2.24. The first-order valence-corrected chi connectivity index (χ1v) is 9.02. The Labute approximate surface area is 153 Å². The summed E-state index contributed by atoms with van der Waals surface area (Å²) in [6.07, 6.45) is 7.11. The van der Waals surface area contributed by atoms with E-state index >= 15 is 0 Å². The standard InChI is InChI=1S/C20H24N4O2/c1-14(25)22-16-8-5-9-17(12-16)23-19-11-10-18(13-21-19)24-20(26)15-6-3-2-4-7-15/h5,8-13,15H,2-4,6-7H2,1H3,(H,21,23)(H,22,25)(H,24,26). The third-order valence-electron chi connectivity index (χ3n) is 4.46. The van der Waals surface area contributed by atoms with Gasteiger partial charge in [-0.25, -0.2) is 4.98 Å². The summed E-state index contributed by atoms with van der Waals surface area (Å²) in [6.45, 7) is 1.47.